The van der Waals surface area contributed by atoms with Gasteiger partial charge in [-0.2, -0.15) is 0 Å². The summed E-state index contributed by atoms with van der Waals surface area (Å²) in [5.41, 5.74) is 2.15. The molecule has 2 atom stereocenters. The average Bonchev–Trinajstić information content (AvgIpc) is 3.21. The molecule has 7 nitrogen and oxygen atoms in total. The first-order valence-corrected chi connectivity index (χ1v) is 9.94. The molecule has 4 rings (SSSR count). The Morgan fingerprint density at radius 3 is 2.42 bits per heavy atom. The van der Waals surface area contributed by atoms with Crippen LogP contribution in [0.2, 0.25) is 0 Å². The van der Waals surface area contributed by atoms with E-state index in [4.69, 9.17) is 9.47 Å². The number of imide groups is 1. The van der Waals surface area contributed by atoms with E-state index in [2.05, 4.69) is 0 Å². The van der Waals surface area contributed by atoms with Gasteiger partial charge in [0.25, 0.3) is 5.91 Å². The molecule has 3 amide bonds. The molecule has 0 N–H and O–H groups in total. The summed E-state index contributed by atoms with van der Waals surface area (Å²) in [6, 6.07) is 18.5. The van der Waals surface area contributed by atoms with E-state index in [-0.39, 0.29) is 12.5 Å². The highest BCUT2D eigenvalue weighted by Gasteiger charge is 2.42. The third-order valence-electron chi connectivity index (χ3n) is 5.36. The summed E-state index contributed by atoms with van der Waals surface area (Å²) in [4.78, 5) is 40.5. The minimum atomic E-state index is -0.697. The third-order valence-corrected chi connectivity index (χ3v) is 5.36. The SMILES string of the molecule is COC(=O)N1C=C[C@@H](Cc2ccccc2)C(C(=O)N2C(=O)OC[C@@H]2c2ccccc2)=C1. The number of benzene rings is 2. The molecular weight excluding hydrogens is 396 g/mol. The average molecular weight is 418 g/mol. The molecule has 2 aliphatic heterocycles. The van der Waals surface area contributed by atoms with Crippen LogP contribution < -0.4 is 0 Å². The van der Waals surface area contributed by atoms with Gasteiger partial charge in [0, 0.05) is 23.9 Å². The molecule has 2 aromatic carbocycles. The monoisotopic (exact) mass is 418 g/mol. The quantitative estimate of drug-likeness (QED) is 0.749. The van der Waals surface area contributed by atoms with Gasteiger partial charge in [-0.15, -0.1) is 0 Å². The van der Waals surface area contributed by atoms with Gasteiger partial charge in [0.2, 0.25) is 0 Å². The lowest BCUT2D eigenvalue weighted by atomic mass is 9.89. The molecule has 0 saturated carbocycles. The maximum atomic E-state index is 13.6. The van der Waals surface area contributed by atoms with Crippen LogP contribution in [-0.2, 0) is 20.7 Å². The zero-order valence-corrected chi connectivity index (χ0v) is 17.0. The van der Waals surface area contributed by atoms with Gasteiger partial charge in [0.15, 0.2) is 0 Å². The van der Waals surface area contributed by atoms with Crippen LogP contribution in [0.1, 0.15) is 17.2 Å². The van der Waals surface area contributed by atoms with Crippen LogP contribution >= 0.6 is 0 Å². The van der Waals surface area contributed by atoms with E-state index in [1.54, 1.807) is 12.3 Å². The minimum Gasteiger partial charge on any atom is -0.452 e. The van der Waals surface area contributed by atoms with Crippen molar-refractivity contribution >= 4 is 18.1 Å². The Bertz CT molecular complexity index is 1030. The smallest absolute Gasteiger partial charge is 0.417 e. The van der Waals surface area contributed by atoms with Gasteiger partial charge in [0.05, 0.1) is 7.11 Å². The first-order valence-electron chi connectivity index (χ1n) is 9.94. The summed E-state index contributed by atoms with van der Waals surface area (Å²) in [6.07, 6.45) is 4.02. The van der Waals surface area contributed by atoms with E-state index in [1.807, 2.05) is 60.7 Å². The Hall–Kier alpha value is -3.87. The van der Waals surface area contributed by atoms with Crippen molar-refractivity contribution < 1.29 is 23.9 Å². The molecule has 0 unspecified atom stereocenters. The first kappa shape index (κ1) is 20.4. The largest absolute Gasteiger partial charge is 0.452 e. The lowest BCUT2D eigenvalue weighted by molar-refractivity contribution is -0.125. The molecule has 1 saturated heterocycles. The minimum absolute atomic E-state index is 0.0851. The first-order chi connectivity index (χ1) is 15.1. The Labute approximate surface area is 180 Å². The molecule has 1 fully saturated rings. The molecule has 158 valence electrons. The second-order valence-corrected chi connectivity index (χ2v) is 7.28. The molecule has 2 aromatic rings. The maximum absolute atomic E-state index is 13.6. The summed E-state index contributed by atoms with van der Waals surface area (Å²) >= 11 is 0. The van der Waals surface area contributed by atoms with E-state index in [1.165, 1.54) is 18.2 Å². The van der Waals surface area contributed by atoms with Crippen molar-refractivity contribution in [1.29, 1.82) is 0 Å². The number of carbonyl (C=O) groups is 3. The van der Waals surface area contributed by atoms with Crippen molar-refractivity contribution in [2.24, 2.45) is 5.92 Å². The highest BCUT2D eigenvalue weighted by Crippen LogP contribution is 2.33. The highest BCUT2D eigenvalue weighted by molar-refractivity contribution is 6.04. The number of allylic oxidation sites excluding steroid dienone is 1. The van der Waals surface area contributed by atoms with E-state index < -0.39 is 24.1 Å². The van der Waals surface area contributed by atoms with E-state index >= 15 is 0 Å². The summed E-state index contributed by atoms with van der Waals surface area (Å²) < 4.78 is 9.99. The number of amides is 3. The topological polar surface area (TPSA) is 76.2 Å². The van der Waals surface area contributed by atoms with Crippen LogP contribution in [0.4, 0.5) is 9.59 Å². The van der Waals surface area contributed by atoms with Gasteiger partial charge in [-0.1, -0.05) is 66.7 Å². The Balaban J connectivity index is 1.67. The zero-order chi connectivity index (χ0) is 21.8. The number of ether oxygens (including phenoxy) is 2. The Morgan fingerprint density at radius 2 is 1.74 bits per heavy atom. The number of carbonyl (C=O) groups excluding carboxylic acids is 3. The summed E-state index contributed by atoms with van der Waals surface area (Å²) in [6.45, 7) is 0.0851. The van der Waals surface area contributed by atoms with E-state index in [0.29, 0.717) is 12.0 Å². The summed E-state index contributed by atoms with van der Waals surface area (Å²) in [5.74, 6) is -0.809. The number of nitrogens with zero attached hydrogens (tertiary/aromatic N) is 2. The zero-order valence-electron chi connectivity index (χ0n) is 17.0. The van der Waals surface area contributed by atoms with E-state index in [9.17, 15) is 14.4 Å². The predicted octanol–water partition coefficient (Wildman–Crippen LogP) is 4.05. The Morgan fingerprint density at radius 1 is 1.06 bits per heavy atom. The number of hydrogen-bond donors (Lipinski definition) is 0. The second-order valence-electron chi connectivity index (χ2n) is 7.28. The van der Waals surface area contributed by atoms with Gasteiger partial charge in [-0.25, -0.2) is 14.5 Å². The lowest BCUT2D eigenvalue weighted by Crippen LogP contribution is -2.39. The van der Waals surface area contributed by atoms with Gasteiger partial charge in [-0.05, 0) is 17.5 Å². The van der Waals surface area contributed by atoms with Crippen LogP contribution in [0.15, 0.2) is 84.7 Å². The van der Waals surface area contributed by atoms with Crippen LogP contribution in [0, 0.1) is 5.92 Å². The maximum Gasteiger partial charge on any atom is 0.417 e. The molecule has 0 aromatic heterocycles. The molecule has 0 radical (unpaired) electrons. The number of rotatable bonds is 4. The van der Waals surface area contributed by atoms with Gasteiger partial charge in [-0.3, -0.25) is 9.69 Å². The molecule has 0 bridgehead atoms. The fourth-order valence-electron chi connectivity index (χ4n) is 3.77. The normalized spacial score (nSPS) is 20.3. The highest BCUT2D eigenvalue weighted by atomic mass is 16.6. The van der Waals surface area contributed by atoms with Gasteiger partial charge in [0.1, 0.15) is 12.6 Å². The molecule has 0 aliphatic carbocycles. The number of hydrogen-bond acceptors (Lipinski definition) is 5. The molecule has 0 spiro atoms. The summed E-state index contributed by atoms with van der Waals surface area (Å²) in [7, 11) is 1.27. The van der Waals surface area contributed by atoms with Gasteiger partial charge < -0.3 is 9.47 Å². The molecule has 2 heterocycles. The number of cyclic esters (lactones) is 1. The van der Waals surface area contributed by atoms with Crippen molar-refractivity contribution in [1.82, 2.24) is 9.80 Å². The van der Waals surface area contributed by atoms with Crippen LogP contribution in [0.25, 0.3) is 0 Å². The van der Waals surface area contributed by atoms with Crippen LogP contribution in [0.5, 0.6) is 0 Å². The van der Waals surface area contributed by atoms with E-state index in [0.717, 1.165) is 16.0 Å². The predicted molar refractivity (Wildman–Crippen MR) is 112 cm³/mol. The van der Waals surface area contributed by atoms with Gasteiger partial charge >= 0.3 is 12.2 Å². The standard InChI is InChI=1S/C24H22N2O5/c1-30-23(28)25-13-12-19(14-17-8-4-2-5-9-17)20(15-25)22(27)26-21(16-31-24(26)29)18-10-6-3-7-11-18/h2-13,15,19,21H,14,16H2,1H3/t19-,21+/m0/s1. The second kappa shape index (κ2) is 8.87. The Kier molecular flexibility index (Phi) is 5.84. The van der Waals surface area contributed by atoms with Crippen LogP contribution in [0.3, 0.4) is 0 Å². The van der Waals surface area contributed by atoms with Crippen molar-refractivity contribution in [2.75, 3.05) is 13.7 Å². The molecule has 2 aliphatic rings. The van der Waals surface area contributed by atoms with Crippen molar-refractivity contribution in [2.45, 2.75) is 12.5 Å². The third kappa shape index (κ3) is 4.21. The molecule has 7 heteroatoms. The lowest BCUT2D eigenvalue weighted by Gasteiger charge is -2.28. The van der Waals surface area contributed by atoms with Crippen molar-refractivity contribution in [3.8, 4) is 0 Å². The van der Waals surface area contributed by atoms with Crippen molar-refractivity contribution in [3.05, 3.63) is 95.8 Å². The van der Waals surface area contributed by atoms with Crippen molar-refractivity contribution in [3.63, 3.8) is 0 Å². The number of methoxy groups -OCH3 is 1. The fraction of sp³-hybridized carbons (Fsp3) is 0.208. The molecular formula is C24H22N2O5. The van der Waals surface area contributed by atoms with Crippen LogP contribution in [-0.4, -0.2) is 41.6 Å². The molecule has 31 heavy (non-hydrogen) atoms. The fourth-order valence-corrected chi connectivity index (χ4v) is 3.77. The summed E-state index contributed by atoms with van der Waals surface area (Å²) in [5, 5.41) is 0.